The van der Waals surface area contributed by atoms with E-state index < -0.39 is 0 Å². The van der Waals surface area contributed by atoms with Gasteiger partial charge in [0.1, 0.15) is 12.4 Å². The topological polar surface area (TPSA) is 67.2 Å². The third-order valence-corrected chi connectivity index (χ3v) is 8.54. The van der Waals surface area contributed by atoms with Crippen LogP contribution in [0.4, 0.5) is 11.5 Å². The molecule has 2 heterocycles. The zero-order valence-electron chi connectivity index (χ0n) is 22.3. The molecule has 1 aromatic heterocycles. The van der Waals surface area contributed by atoms with Crippen LogP contribution in [-0.2, 0) is 9.59 Å². The summed E-state index contributed by atoms with van der Waals surface area (Å²) in [7, 11) is 0. The lowest BCUT2D eigenvalue weighted by molar-refractivity contribution is -0.120. The molecule has 5 aromatic rings. The number of rotatable bonds is 6. The molecule has 0 aliphatic carbocycles. The minimum Gasteiger partial charge on any atom is -0.325 e. The molecule has 6 rings (SSSR count). The molecule has 0 radical (unpaired) electrons. The Bertz CT molecular complexity index is 1710. The predicted molar refractivity (Wildman–Crippen MR) is 167 cm³/mol. The summed E-state index contributed by atoms with van der Waals surface area (Å²) in [6.45, 7) is 1.86. The van der Waals surface area contributed by atoms with Gasteiger partial charge in [-0.1, -0.05) is 96.0 Å². The molecule has 1 aliphatic heterocycles. The Morgan fingerprint density at radius 2 is 1.59 bits per heavy atom. The van der Waals surface area contributed by atoms with E-state index >= 15 is 0 Å². The maximum Gasteiger partial charge on any atom is 0.244 e. The van der Waals surface area contributed by atoms with E-state index in [1.54, 1.807) is 9.58 Å². The summed E-state index contributed by atoms with van der Waals surface area (Å²) in [6.07, 6.45) is 0. The second kappa shape index (κ2) is 11.6. The van der Waals surface area contributed by atoms with Crippen LogP contribution in [-0.4, -0.2) is 33.9 Å². The number of carbonyl (C=O) groups is 2. The highest BCUT2D eigenvalue weighted by Gasteiger charge is 2.38. The number of para-hydroxylation sites is 1. The Balaban J connectivity index is 1.57. The fraction of sp³-hybridized carbons (Fsp3) is 0.121. The number of halogens is 1. The fourth-order valence-electron chi connectivity index (χ4n) is 4.99. The van der Waals surface area contributed by atoms with E-state index in [0.717, 1.165) is 33.6 Å². The molecule has 4 aromatic carbocycles. The number of hydrogen-bond donors (Lipinski definition) is 1. The van der Waals surface area contributed by atoms with Crippen molar-refractivity contribution in [2.45, 2.75) is 12.2 Å². The van der Waals surface area contributed by atoms with Crippen molar-refractivity contribution in [2.75, 3.05) is 22.5 Å². The number of carbonyl (C=O) groups excluding carboxylic acids is 2. The summed E-state index contributed by atoms with van der Waals surface area (Å²) in [6, 6.07) is 34.8. The lowest BCUT2D eigenvalue weighted by atomic mass is 9.99. The zero-order chi connectivity index (χ0) is 28.3. The summed E-state index contributed by atoms with van der Waals surface area (Å²) in [5.41, 5.74) is 5.95. The van der Waals surface area contributed by atoms with Crippen LogP contribution in [0, 0.1) is 6.92 Å². The quantitative estimate of drug-likeness (QED) is 0.229. The lowest BCUT2D eigenvalue weighted by Crippen LogP contribution is -2.40. The van der Waals surface area contributed by atoms with Crippen LogP contribution >= 0.6 is 23.4 Å². The Labute approximate surface area is 248 Å². The van der Waals surface area contributed by atoms with Crippen molar-refractivity contribution < 1.29 is 9.59 Å². The third-order valence-electron chi connectivity index (χ3n) is 6.96. The van der Waals surface area contributed by atoms with Gasteiger partial charge in [-0.2, -0.15) is 5.10 Å². The van der Waals surface area contributed by atoms with Crippen molar-refractivity contribution in [3.63, 3.8) is 0 Å². The van der Waals surface area contributed by atoms with Crippen LogP contribution in [0.1, 0.15) is 21.9 Å². The number of aryl methyl sites for hydroxylation is 1. The first-order valence-corrected chi connectivity index (χ1v) is 14.7. The molecule has 0 fully saturated rings. The van der Waals surface area contributed by atoms with Crippen molar-refractivity contribution in [3.05, 3.63) is 131 Å². The summed E-state index contributed by atoms with van der Waals surface area (Å²) in [4.78, 5) is 28.8. The number of benzene rings is 4. The first kappa shape index (κ1) is 26.9. The summed E-state index contributed by atoms with van der Waals surface area (Å²) >= 11 is 8.26. The molecule has 1 aliphatic rings. The highest BCUT2D eigenvalue weighted by molar-refractivity contribution is 8.00. The van der Waals surface area contributed by atoms with Gasteiger partial charge in [0.05, 0.1) is 22.4 Å². The van der Waals surface area contributed by atoms with E-state index in [4.69, 9.17) is 16.7 Å². The Kier molecular flexibility index (Phi) is 7.63. The smallest absolute Gasteiger partial charge is 0.244 e. The maximum atomic E-state index is 13.9. The van der Waals surface area contributed by atoms with Gasteiger partial charge in [-0.15, -0.1) is 11.8 Å². The number of nitrogens with zero attached hydrogens (tertiary/aromatic N) is 3. The van der Waals surface area contributed by atoms with Gasteiger partial charge in [-0.25, -0.2) is 4.68 Å². The molecule has 41 heavy (non-hydrogen) atoms. The molecular weight excluding hydrogens is 552 g/mol. The zero-order valence-corrected chi connectivity index (χ0v) is 23.9. The van der Waals surface area contributed by atoms with E-state index in [1.807, 2.05) is 116 Å². The van der Waals surface area contributed by atoms with Gasteiger partial charge in [0, 0.05) is 21.8 Å². The van der Waals surface area contributed by atoms with E-state index in [0.29, 0.717) is 16.5 Å². The number of anilines is 2. The molecule has 0 saturated heterocycles. The number of amides is 2. The number of fused-ring (bicyclic) bond motifs is 1. The normalized spacial score (nSPS) is 14.8. The number of nitrogens with one attached hydrogen (secondary N) is 1. The second-order valence-electron chi connectivity index (χ2n) is 9.81. The largest absolute Gasteiger partial charge is 0.325 e. The molecule has 1 atom stereocenters. The van der Waals surface area contributed by atoms with Gasteiger partial charge < -0.3 is 5.32 Å². The lowest BCUT2D eigenvalue weighted by Gasteiger charge is -2.23. The fourth-order valence-corrected chi connectivity index (χ4v) is 6.54. The van der Waals surface area contributed by atoms with Crippen LogP contribution in [0.15, 0.2) is 109 Å². The summed E-state index contributed by atoms with van der Waals surface area (Å²) in [5, 5.41) is 8.37. The third kappa shape index (κ3) is 5.51. The molecule has 1 N–H and O–H groups in total. The minimum absolute atomic E-state index is 0.164. The van der Waals surface area contributed by atoms with Gasteiger partial charge in [0.25, 0.3) is 0 Å². The molecule has 6 nitrogen and oxygen atoms in total. The van der Waals surface area contributed by atoms with Crippen molar-refractivity contribution in [2.24, 2.45) is 0 Å². The molecule has 0 saturated carbocycles. The highest BCUT2D eigenvalue weighted by atomic mass is 35.5. The van der Waals surface area contributed by atoms with Crippen molar-refractivity contribution >= 4 is 46.7 Å². The monoisotopic (exact) mass is 578 g/mol. The first-order valence-electron chi connectivity index (χ1n) is 13.3. The van der Waals surface area contributed by atoms with Crippen molar-refractivity contribution in [1.29, 1.82) is 0 Å². The Morgan fingerprint density at radius 1 is 0.927 bits per heavy atom. The Hall–Kier alpha value is -4.33. The first-order chi connectivity index (χ1) is 20.0. The van der Waals surface area contributed by atoms with Crippen molar-refractivity contribution in [1.82, 2.24) is 9.78 Å². The van der Waals surface area contributed by atoms with Crippen LogP contribution in [0.3, 0.4) is 0 Å². The molecule has 204 valence electrons. The van der Waals surface area contributed by atoms with E-state index in [9.17, 15) is 9.59 Å². The molecule has 8 heteroatoms. The SMILES string of the molecule is Cc1ccc(-n2nc(-c3ccccc3)c3c2N(CC(=O)Nc2ccccc2)C(=O)CS[C@H]3c2ccccc2Cl)cc1. The van der Waals surface area contributed by atoms with Gasteiger partial charge in [-0.05, 0) is 42.8 Å². The predicted octanol–water partition coefficient (Wildman–Crippen LogP) is 7.31. The molecule has 2 amide bonds. The van der Waals surface area contributed by atoms with E-state index in [2.05, 4.69) is 5.32 Å². The molecule has 0 spiro atoms. The summed E-state index contributed by atoms with van der Waals surface area (Å²) in [5.74, 6) is 0.262. The van der Waals surface area contributed by atoms with Crippen LogP contribution in [0.2, 0.25) is 5.02 Å². The standard InChI is InChI=1S/C33H27ClN4O2S/c1-22-16-18-25(19-17-22)38-33-30(31(36-38)23-10-4-2-5-11-23)32(26-14-8-9-15-27(26)34)41-21-29(40)37(33)20-28(39)35-24-12-6-3-7-13-24/h2-19,32H,20-21H2,1H3,(H,35,39)/t32-/m0/s1. The number of aromatic nitrogens is 2. The van der Waals surface area contributed by atoms with Crippen molar-refractivity contribution in [3.8, 4) is 16.9 Å². The van der Waals surface area contributed by atoms with Gasteiger partial charge in [0.15, 0.2) is 0 Å². The van der Waals surface area contributed by atoms with E-state index in [-0.39, 0.29) is 29.4 Å². The average Bonchev–Trinajstić information content (AvgIpc) is 3.32. The average molecular weight is 579 g/mol. The van der Waals surface area contributed by atoms with Gasteiger partial charge in [-0.3, -0.25) is 14.5 Å². The van der Waals surface area contributed by atoms with E-state index in [1.165, 1.54) is 11.8 Å². The van der Waals surface area contributed by atoms with Gasteiger partial charge >= 0.3 is 0 Å². The maximum absolute atomic E-state index is 13.9. The minimum atomic E-state index is -0.297. The number of thioether (sulfide) groups is 1. The van der Waals surface area contributed by atoms with Crippen LogP contribution in [0.5, 0.6) is 0 Å². The van der Waals surface area contributed by atoms with Crippen LogP contribution in [0.25, 0.3) is 16.9 Å². The van der Waals surface area contributed by atoms with Crippen LogP contribution < -0.4 is 10.2 Å². The molecule has 0 bridgehead atoms. The summed E-state index contributed by atoms with van der Waals surface area (Å²) < 4.78 is 1.79. The second-order valence-corrected chi connectivity index (χ2v) is 11.3. The van der Waals surface area contributed by atoms with Gasteiger partial charge in [0.2, 0.25) is 11.8 Å². The highest BCUT2D eigenvalue weighted by Crippen LogP contribution is 2.49. The molecular formula is C33H27ClN4O2S. The Morgan fingerprint density at radius 3 is 2.29 bits per heavy atom. The number of hydrogen-bond acceptors (Lipinski definition) is 4. The molecule has 0 unspecified atom stereocenters.